The number of amides is 1. The molecule has 1 fully saturated rings. The van der Waals surface area contributed by atoms with Crippen LogP contribution in [0.25, 0.3) is 0 Å². The highest BCUT2D eigenvalue weighted by Crippen LogP contribution is 2.27. The van der Waals surface area contributed by atoms with E-state index >= 15 is 0 Å². The van der Waals surface area contributed by atoms with E-state index in [9.17, 15) is 9.59 Å². The minimum Gasteiger partial charge on any atom is -0.481 e. The molecule has 114 valence electrons. The fourth-order valence-electron chi connectivity index (χ4n) is 2.68. The molecule has 0 bridgehead atoms. The number of nitrogens with zero attached hydrogens (tertiary/aromatic N) is 2. The molecule has 0 spiro atoms. The SMILES string of the molecule is CSc1nc(C)nc(C)c1C(=O)N[C@H]1CC[C@@H](C(=O)O)C1. The Morgan fingerprint density at radius 3 is 2.57 bits per heavy atom. The molecule has 0 radical (unpaired) electrons. The number of carboxylic acid groups (broad SMARTS) is 1. The molecule has 2 N–H and O–H groups in total. The van der Waals surface area contributed by atoms with Crippen LogP contribution in [0.3, 0.4) is 0 Å². The van der Waals surface area contributed by atoms with E-state index in [1.54, 1.807) is 13.8 Å². The molecule has 1 aliphatic rings. The standard InChI is InChI=1S/C14H19N3O3S/c1-7-11(13(21-3)16-8(2)15-7)12(18)17-10-5-4-9(6-10)14(19)20/h9-10H,4-6H2,1-3H3,(H,17,18)(H,19,20)/t9-,10+/m1/s1. The quantitative estimate of drug-likeness (QED) is 0.651. The van der Waals surface area contributed by atoms with E-state index in [0.717, 1.165) is 0 Å². The van der Waals surface area contributed by atoms with E-state index in [1.165, 1.54) is 11.8 Å². The number of carboxylic acids is 1. The van der Waals surface area contributed by atoms with Crippen LogP contribution in [0.2, 0.25) is 0 Å². The van der Waals surface area contributed by atoms with Crippen molar-refractivity contribution in [1.82, 2.24) is 15.3 Å². The topological polar surface area (TPSA) is 92.2 Å². The Hall–Kier alpha value is -1.63. The molecule has 1 amide bonds. The number of hydrogen-bond acceptors (Lipinski definition) is 5. The molecule has 2 atom stereocenters. The Bertz CT molecular complexity index is 577. The minimum atomic E-state index is -0.786. The summed E-state index contributed by atoms with van der Waals surface area (Å²) in [5.41, 5.74) is 1.14. The summed E-state index contributed by atoms with van der Waals surface area (Å²) in [6, 6.07) is -0.0889. The monoisotopic (exact) mass is 309 g/mol. The molecule has 0 aromatic carbocycles. The molecule has 0 aliphatic heterocycles. The highest BCUT2D eigenvalue weighted by atomic mass is 32.2. The molecule has 21 heavy (non-hydrogen) atoms. The number of carbonyl (C=O) groups is 2. The van der Waals surface area contributed by atoms with Crippen LogP contribution in [0.15, 0.2) is 5.03 Å². The van der Waals surface area contributed by atoms with Gasteiger partial charge in [0.05, 0.1) is 17.2 Å². The fourth-order valence-corrected chi connectivity index (χ4v) is 3.35. The molecular formula is C14H19N3O3S. The van der Waals surface area contributed by atoms with Crippen molar-refractivity contribution in [2.75, 3.05) is 6.26 Å². The Morgan fingerprint density at radius 2 is 2.00 bits per heavy atom. The lowest BCUT2D eigenvalue weighted by molar-refractivity contribution is -0.141. The van der Waals surface area contributed by atoms with E-state index in [1.807, 2.05) is 6.26 Å². The van der Waals surface area contributed by atoms with Gasteiger partial charge in [-0.15, -0.1) is 11.8 Å². The van der Waals surface area contributed by atoms with Crippen molar-refractivity contribution >= 4 is 23.6 Å². The van der Waals surface area contributed by atoms with Crippen LogP contribution in [-0.2, 0) is 4.79 Å². The van der Waals surface area contributed by atoms with Crippen LogP contribution in [-0.4, -0.2) is 39.2 Å². The van der Waals surface area contributed by atoms with Gasteiger partial charge in [0.25, 0.3) is 5.91 Å². The van der Waals surface area contributed by atoms with Crippen molar-refractivity contribution in [2.45, 2.75) is 44.2 Å². The molecule has 1 saturated carbocycles. The third-order valence-corrected chi connectivity index (χ3v) is 4.39. The lowest BCUT2D eigenvalue weighted by Gasteiger charge is -2.15. The number of thioether (sulfide) groups is 1. The van der Waals surface area contributed by atoms with Gasteiger partial charge in [0.15, 0.2) is 0 Å². The van der Waals surface area contributed by atoms with Gasteiger partial charge in [-0.1, -0.05) is 0 Å². The third kappa shape index (κ3) is 3.53. The Morgan fingerprint density at radius 1 is 1.29 bits per heavy atom. The molecule has 7 heteroatoms. The zero-order chi connectivity index (χ0) is 15.6. The number of aromatic nitrogens is 2. The largest absolute Gasteiger partial charge is 0.481 e. The first-order chi connectivity index (χ1) is 9.92. The smallest absolute Gasteiger partial charge is 0.306 e. The molecule has 1 aromatic heterocycles. The van der Waals surface area contributed by atoms with Gasteiger partial charge in [-0.25, -0.2) is 9.97 Å². The second-order valence-electron chi connectivity index (χ2n) is 5.26. The predicted molar refractivity (Wildman–Crippen MR) is 79.5 cm³/mol. The van der Waals surface area contributed by atoms with Gasteiger partial charge in [-0.2, -0.15) is 0 Å². The van der Waals surface area contributed by atoms with Gasteiger partial charge in [-0.3, -0.25) is 9.59 Å². The number of aryl methyl sites for hydroxylation is 2. The van der Waals surface area contributed by atoms with E-state index in [0.29, 0.717) is 41.4 Å². The Kier molecular flexibility index (Phi) is 4.82. The first kappa shape index (κ1) is 15.8. The third-order valence-electron chi connectivity index (χ3n) is 3.71. The Labute approximate surface area is 127 Å². The molecular weight excluding hydrogens is 290 g/mol. The molecule has 0 saturated heterocycles. The van der Waals surface area contributed by atoms with Gasteiger partial charge in [0, 0.05) is 6.04 Å². The van der Waals surface area contributed by atoms with Gasteiger partial charge in [0.1, 0.15) is 10.9 Å². The van der Waals surface area contributed by atoms with E-state index < -0.39 is 5.97 Å². The fraction of sp³-hybridized carbons (Fsp3) is 0.571. The van der Waals surface area contributed by atoms with Crippen molar-refractivity contribution in [3.05, 3.63) is 17.1 Å². The lowest BCUT2D eigenvalue weighted by atomic mass is 10.1. The number of carbonyl (C=O) groups excluding carboxylic acids is 1. The van der Waals surface area contributed by atoms with Gasteiger partial charge in [-0.05, 0) is 39.4 Å². The number of nitrogens with one attached hydrogen (secondary N) is 1. The van der Waals surface area contributed by atoms with Gasteiger partial charge < -0.3 is 10.4 Å². The van der Waals surface area contributed by atoms with E-state index in [2.05, 4.69) is 15.3 Å². The average molecular weight is 309 g/mol. The summed E-state index contributed by atoms with van der Waals surface area (Å²) >= 11 is 1.41. The summed E-state index contributed by atoms with van der Waals surface area (Å²) < 4.78 is 0. The molecule has 1 heterocycles. The highest BCUT2D eigenvalue weighted by Gasteiger charge is 2.31. The highest BCUT2D eigenvalue weighted by molar-refractivity contribution is 7.98. The van der Waals surface area contributed by atoms with Crippen molar-refractivity contribution in [2.24, 2.45) is 5.92 Å². The van der Waals surface area contributed by atoms with Gasteiger partial charge >= 0.3 is 5.97 Å². The predicted octanol–water partition coefficient (Wildman–Crippen LogP) is 1.80. The van der Waals surface area contributed by atoms with Crippen LogP contribution >= 0.6 is 11.8 Å². The van der Waals surface area contributed by atoms with Crippen molar-refractivity contribution in [3.8, 4) is 0 Å². The van der Waals surface area contributed by atoms with E-state index in [4.69, 9.17) is 5.11 Å². The van der Waals surface area contributed by atoms with Crippen LogP contribution in [0.4, 0.5) is 0 Å². The van der Waals surface area contributed by atoms with Crippen LogP contribution in [0, 0.1) is 19.8 Å². The minimum absolute atomic E-state index is 0.0889. The average Bonchev–Trinajstić information content (AvgIpc) is 2.86. The summed E-state index contributed by atoms with van der Waals surface area (Å²) in [5, 5.41) is 12.6. The molecule has 1 aliphatic carbocycles. The zero-order valence-electron chi connectivity index (χ0n) is 12.3. The van der Waals surface area contributed by atoms with Crippen molar-refractivity contribution in [1.29, 1.82) is 0 Å². The van der Waals surface area contributed by atoms with E-state index in [-0.39, 0.29) is 17.9 Å². The Balaban J connectivity index is 2.13. The summed E-state index contributed by atoms with van der Waals surface area (Å²) in [5.74, 6) is -0.717. The summed E-state index contributed by atoms with van der Waals surface area (Å²) in [6.07, 6.45) is 3.66. The molecule has 6 nitrogen and oxygen atoms in total. The first-order valence-corrected chi connectivity index (χ1v) is 8.07. The van der Waals surface area contributed by atoms with Crippen LogP contribution in [0.5, 0.6) is 0 Å². The maximum absolute atomic E-state index is 12.4. The van der Waals surface area contributed by atoms with Crippen LogP contribution in [0.1, 0.15) is 41.1 Å². The number of hydrogen-bond donors (Lipinski definition) is 2. The van der Waals surface area contributed by atoms with Crippen molar-refractivity contribution < 1.29 is 14.7 Å². The lowest BCUT2D eigenvalue weighted by Crippen LogP contribution is -2.34. The first-order valence-electron chi connectivity index (χ1n) is 6.85. The number of aliphatic carboxylic acids is 1. The van der Waals surface area contributed by atoms with Crippen LogP contribution < -0.4 is 5.32 Å². The normalized spacial score (nSPS) is 21.3. The molecule has 2 rings (SSSR count). The summed E-state index contributed by atoms with van der Waals surface area (Å²) in [4.78, 5) is 31.9. The molecule has 1 aromatic rings. The number of rotatable bonds is 4. The maximum Gasteiger partial charge on any atom is 0.306 e. The molecule has 0 unspecified atom stereocenters. The maximum atomic E-state index is 12.4. The zero-order valence-corrected chi connectivity index (χ0v) is 13.2. The summed E-state index contributed by atoms with van der Waals surface area (Å²) in [7, 11) is 0. The van der Waals surface area contributed by atoms with Gasteiger partial charge in [0.2, 0.25) is 0 Å². The second-order valence-corrected chi connectivity index (χ2v) is 6.05. The van der Waals surface area contributed by atoms with Crippen molar-refractivity contribution in [3.63, 3.8) is 0 Å². The summed E-state index contributed by atoms with van der Waals surface area (Å²) in [6.45, 7) is 3.58. The second kappa shape index (κ2) is 6.43.